The molecule has 144 valence electrons. The second-order valence-corrected chi connectivity index (χ2v) is 8.78. The van der Waals surface area contributed by atoms with Crippen LogP contribution in [-0.2, 0) is 23.5 Å². The summed E-state index contributed by atoms with van der Waals surface area (Å²) in [7, 11) is -1.99. The Kier molecular flexibility index (Phi) is 4.60. The summed E-state index contributed by atoms with van der Waals surface area (Å²) in [6.07, 6.45) is 3.69. The second-order valence-electron chi connectivity index (χ2n) is 6.48. The molecule has 0 radical (unpaired) electrons. The Balaban J connectivity index is 1.63. The van der Waals surface area contributed by atoms with Crippen LogP contribution in [0.1, 0.15) is 15.9 Å². The van der Waals surface area contributed by atoms with E-state index in [0.29, 0.717) is 34.9 Å². The van der Waals surface area contributed by atoms with E-state index in [0.717, 1.165) is 5.56 Å². The van der Waals surface area contributed by atoms with E-state index < -0.39 is 10.0 Å². The molecule has 28 heavy (non-hydrogen) atoms. The van der Waals surface area contributed by atoms with E-state index in [2.05, 4.69) is 10.4 Å². The van der Waals surface area contributed by atoms with Gasteiger partial charge < -0.3 is 5.32 Å². The Morgan fingerprint density at radius 3 is 2.61 bits per heavy atom. The quantitative estimate of drug-likeness (QED) is 0.708. The summed E-state index contributed by atoms with van der Waals surface area (Å²) in [4.78, 5) is 12.5. The fourth-order valence-corrected chi connectivity index (χ4v) is 4.77. The van der Waals surface area contributed by atoms with Gasteiger partial charge in [0.05, 0.1) is 22.3 Å². The number of amides is 1. The van der Waals surface area contributed by atoms with E-state index in [1.165, 1.54) is 27.3 Å². The summed E-state index contributed by atoms with van der Waals surface area (Å²) < 4.78 is 29.0. The van der Waals surface area contributed by atoms with Gasteiger partial charge in [-0.1, -0.05) is 17.7 Å². The highest BCUT2D eigenvalue weighted by molar-refractivity contribution is 7.92. The lowest BCUT2D eigenvalue weighted by Gasteiger charge is -2.20. The predicted molar refractivity (Wildman–Crippen MR) is 107 cm³/mol. The third-order valence-electron chi connectivity index (χ3n) is 4.56. The zero-order chi connectivity index (χ0) is 19.9. The van der Waals surface area contributed by atoms with Crippen molar-refractivity contribution in [1.82, 2.24) is 9.78 Å². The van der Waals surface area contributed by atoms with Gasteiger partial charge >= 0.3 is 0 Å². The smallest absolute Gasteiger partial charge is 0.264 e. The summed E-state index contributed by atoms with van der Waals surface area (Å²) in [5.74, 6) is -0.307. The highest BCUT2D eigenvalue weighted by Gasteiger charge is 2.31. The van der Waals surface area contributed by atoms with E-state index >= 15 is 0 Å². The number of aromatic nitrogens is 2. The molecule has 1 aromatic heterocycles. The molecule has 2 heterocycles. The zero-order valence-corrected chi connectivity index (χ0v) is 16.5. The Morgan fingerprint density at radius 1 is 1.18 bits per heavy atom. The van der Waals surface area contributed by atoms with Crippen molar-refractivity contribution in [3.05, 3.63) is 71.0 Å². The van der Waals surface area contributed by atoms with E-state index in [1.807, 2.05) is 6.07 Å². The van der Waals surface area contributed by atoms with Crippen LogP contribution in [0.2, 0.25) is 5.02 Å². The average molecular weight is 417 g/mol. The van der Waals surface area contributed by atoms with Crippen molar-refractivity contribution in [1.29, 1.82) is 0 Å². The van der Waals surface area contributed by atoms with Gasteiger partial charge in [-0.2, -0.15) is 5.10 Å². The van der Waals surface area contributed by atoms with Crippen LogP contribution in [0.4, 0.5) is 11.4 Å². The van der Waals surface area contributed by atoms with E-state index in [-0.39, 0.29) is 10.8 Å². The van der Waals surface area contributed by atoms with Gasteiger partial charge in [0.15, 0.2) is 0 Å². The monoisotopic (exact) mass is 416 g/mol. The largest absolute Gasteiger partial charge is 0.322 e. The Bertz CT molecular complexity index is 1160. The van der Waals surface area contributed by atoms with Gasteiger partial charge in [-0.25, -0.2) is 8.42 Å². The molecular formula is C19H17ClN4O3S. The minimum absolute atomic E-state index is 0.176. The van der Waals surface area contributed by atoms with Crippen LogP contribution in [0.15, 0.2) is 59.8 Å². The van der Waals surface area contributed by atoms with Gasteiger partial charge in [0, 0.05) is 30.5 Å². The van der Waals surface area contributed by atoms with Crippen molar-refractivity contribution < 1.29 is 13.2 Å². The molecule has 1 amide bonds. The number of fused-ring (bicyclic) bond motifs is 1. The average Bonchev–Trinajstić information content (AvgIpc) is 3.28. The molecule has 0 spiro atoms. The highest BCUT2D eigenvalue weighted by Crippen LogP contribution is 2.35. The molecule has 0 saturated heterocycles. The maximum Gasteiger partial charge on any atom is 0.264 e. The Labute approximate surface area is 167 Å². The molecule has 0 aliphatic carbocycles. The number of halogens is 1. The molecule has 0 bridgehead atoms. The SMILES string of the molecule is Cn1cc(C(=O)Nc2ccc3c(c2)N(S(=O)(=O)c2ccc(Cl)cc2)CC3)cn1. The first-order chi connectivity index (χ1) is 13.3. The lowest BCUT2D eigenvalue weighted by Crippen LogP contribution is -2.29. The minimum Gasteiger partial charge on any atom is -0.322 e. The van der Waals surface area contributed by atoms with Gasteiger partial charge in [0.1, 0.15) is 0 Å². The maximum atomic E-state index is 13.1. The molecule has 0 fully saturated rings. The predicted octanol–water partition coefficient (Wildman–Crippen LogP) is 3.08. The van der Waals surface area contributed by atoms with Crippen LogP contribution in [-0.4, -0.2) is 30.7 Å². The highest BCUT2D eigenvalue weighted by atomic mass is 35.5. The van der Waals surface area contributed by atoms with Crippen molar-refractivity contribution >= 4 is 38.9 Å². The normalized spacial score (nSPS) is 13.4. The van der Waals surface area contributed by atoms with Crippen molar-refractivity contribution in [2.75, 3.05) is 16.2 Å². The number of benzene rings is 2. The van der Waals surface area contributed by atoms with Crippen LogP contribution in [0.5, 0.6) is 0 Å². The first-order valence-electron chi connectivity index (χ1n) is 8.56. The molecule has 0 unspecified atom stereocenters. The molecule has 4 rings (SSSR count). The number of anilines is 2. The van der Waals surface area contributed by atoms with Crippen molar-refractivity contribution in [3.63, 3.8) is 0 Å². The first-order valence-corrected chi connectivity index (χ1v) is 10.4. The lowest BCUT2D eigenvalue weighted by molar-refractivity contribution is 0.102. The molecule has 7 nitrogen and oxygen atoms in total. The van der Waals surface area contributed by atoms with E-state index in [4.69, 9.17) is 11.6 Å². The third kappa shape index (κ3) is 3.36. The molecule has 1 aliphatic rings. The number of hydrogen-bond acceptors (Lipinski definition) is 4. The number of nitrogens with one attached hydrogen (secondary N) is 1. The van der Waals surface area contributed by atoms with Crippen LogP contribution in [0.3, 0.4) is 0 Å². The van der Waals surface area contributed by atoms with Gasteiger partial charge in [0.25, 0.3) is 15.9 Å². The Morgan fingerprint density at radius 2 is 1.93 bits per heavy atom. The van der Waals surface area contributed by atoms with Gasteiger partial charge in [0.2, 0.25) is 0 Å². The fourth-order valence-electron chi connectivity index (χ4n) is 3.15. The number of rotatable bonds is 4. The van der Waals surface area contributed by atoms with Crippen LogP contribution < -0.4 is 9.62 Å². The summed E-state index contributed by atoms with van der Waals surface area (Å²) in [5.41, 5.74) is 2.43. The van der Waals surface area contributed by atoms with Crippen LogP contribution in [0.25, 0.3) is 0 Å². The molecule has 0 saturated carbocycles. The molecular weight excluding hydrogens is 400 g/mol. The number of carbonyl (C=O) groups excluding carboxylic acids is 1. The minimum atomic E-state index is -3.71. The number of aryl methyl sites for hydroxylation is 1. The molecule has 2 aromatic carbocycles. The Hall–Kier alpha value is -2.84. The molecule has 1 N–H and O–H groups in total. The van der Waals surface area contributed by atoms with Crippen molar-refractivity contribution in [2.45, 2.75) is 11.3 Å². The fraction of sp³-hybridized carbons (Fsp3) is 0.158. The first kappa shape index (κ1) is 18.5. The second kappa shape index (κ2) is 6.96. The summed E-state index contributed by atoms with van der Waals surface area (Å²) in [6, 6.07) is 11.4. The third-order valence-corrected chi connectivity index (χ3v) is 6.64. The molecule has 3 aromatic rings. The molecule has 0 atom stereocenters. The standard InChI is InChI=1S/C19H17ClN4O3S/c1-23-12-14(11-21-23)19(25)22-16-5-2-13-8-9-24(18(13)10-16)28(26,27)17-6-3-15(20)4-7-17/h2-7,10-12H,8-9H2,1H3,(H,22,25). The summed E-state index contributed by atoms with van der Waals surface area (Å²) in [5, 5.41) is 7.24. The van der Waals surface area contributed by atoms with Crippen molar-refractivity contribution in [3.8, 4) is 0 Å². The molecule has 9 heteroatoms. The zero-order valence-electron chi connectivity index (χ0n) is 15.0. The maximum absolute atomic E-state index is 13.1. The number of hydrogen-bond donors (Lipinski definition) is 1. The van der Waals surface area contributed by atoms with Crippen LogP contribution >= 0.6 is 11.6 Å². The number of sulfonamides is 1. The van der Waals surface area contributed by atoms with E-state index in [9.17, 15) is 13.2 Å². The summed E-state index contributed by atoms with van der Waals surface area (Å²) in [6.45, 7) is 0.348. The van der Waals surface area contributed by atoms with E-state index in [1.54, 1.807) is 37.5 Å². The van der Waals surface area contributed by atoms with Gasteiger partial charge in [-0.05, 0) is 48.4 Å². The van der Waals surface area contributed by atoms with Crippen LogP contribution in [0, 0.1) is 0 Å². The summed E-state index contributed by atoms with van der Waals surface area (Å²) >= 11 is 5.87. The molecule has 1 aliphatic heterocycles. The van der Waals surface area contributed by atoms with Crippen molar-refractivity contribution in [2.24, 2.45) is 7.05 Å². The topological polar surface area (TPSA) is 84.3 Å². The lowest BCUT2D eigenvalue weighted by atomic mass is 10.1. The van der Waals surface area contributed by atoms with Gasteiger partial charge in [-0.15, -0.1) is 0 Å². The number of carbonyl (C=O) groups is 1. The van der Waals surface area contributed by atoms with Gasteiger partial charge in [-0.3, -0.25) is 13.8 Å². The number of nitrogens with zero attached hydrogens (tertiary/aromatic N) is 3.